The van der Waals surface area contributed by atoms with Crippen LogP contribution in [-0.2, 0) is 4.79 Å². The number of anilines is 1. The molecule has 5 nitrogen and oxygen atoms in total. The fraction of sp³-hybridized carbons (Fsp3) is 0.0625. The first kappa shape index (κ1) is 15.5. The molecule has 0 aromatic heterocycles. The molecule has 0 bridgehead atoms. The SMILES string of the molecule is O=C(CN1C(=O)c2ccccc2C1=O)Nc1ccc(Cl)c(Cl)c1. The molecule has 0 saturated carbocycles. The number of nitrogens with one attached hydrogen (secondary N) is 1. The number of carbonyl (C=O) groups is 3. The number of imide groups is 1. The Bertz CT molecular complexity index is 801. The number of carbonyl (C=O) groups excluding carboxylic acids is 3. The summed E-state index contributed by atoms with van der Waals surface area (Å²) < 4.78 is 0. The number of halogens is 2. The van der Waals surface area contributed by atoms with Crippen molar-refractivity contribution in [1.29, 1.82) is 0 Å². The second kappa shape index (κ2) is 6.02. The molecular weight excluding hydrogens is 339 g/mol. The maximum Gasteiger partial charge on any atom is 0.262 e. The van der Waals surface area contributed by atoms with Gasteiger partial charge in [-0.15, -0.1) is 0 Å². The average Bonchev–Trinajstić information content (AvgIpc) is 2.76. The number of amides is 3. The van der Waals surface area contributed by atoms with Crippen LogP contribution in [0.4, 0.5) is 5.69 Å². The largest absolute Gasteiger partial charge is 0.324 e. The smallest absolute Gasteiger partial charge is 0.262 e. The Morgan fingerprint density at radius 2 is 1.57 bits per heavy atom. The van der Waals surface area contributed by atoms with Crippen LogP contribution in [0.25, 0.3) is 0 Å². The van der Waals surface area contributed by atoms with Crippen molar-refractivity contribution < 1.29 is 14.4 Å². The number of hydrogen-bond acceptors (Lipinski definition) is 3. The van der Waals surface area contributed by atoms with Crippen molar-refractivity contribution in [2.24, 2.45) is 0 Å². The molecule has 1 aliphatic heterocycles. The molecule has 0 aliphatic carbocycles. The van der Waals surface area contributed by atoms with Gasteiger partial charge in [0, 0.05) is 5.69 Å². The Balaban J connectivity index is 1.73. The summed E-state index contributed by atoms with van der Waals surface area (Å²) in [5.41, 5.74) is 1.04. The zero-order valence-corrected chi connectivity index (χ0v) is 13.2. The van der Waals surface area contributed by atoms with E-state index in [0.29, 0.717) is 26.9 Å². The fourth-order valence-electron chi connectivity index (χ4n) is 2.30. The first-order valence-corrected chi connectivity index (χ1v) is 7.43. The third-order valence-electron chi connectivity index (χ3n) is 3.38. The quantitative estimate of drug-likeness (QED) is 0.866. The maximum atomic E-state index is 12.2. The monoisotopic (exact) mass is 348 g/mol. The van der Waals surface area contributed by atoms with E-state index in [2.05, 4.69) is 5.32 Å². The van der Waals surface area contributed by atoms with Gasteiger partial charge in [-0.2, -0.15) is 0 Å². The van der Waals surface area contributed by atoms with Crippen LogP contribution >= 0.6 is 23.2 Å². The Kier molecular flexibility index (Phi) is 4.07. The van der Waals surface area contributed by atoms with Crippen LogP contribution in [0, 0.1) is 0 Å². The van der Waals surface area contributed by atoms with Gasteiger partial charge < -0.3 is 5.32 Å². The molecule has 2 aromatic rings. The van der Waals surface area contributed by atoms with Gasteiger partial charge in [0.1, 0.15) is 6.54 Å². The Morgan fingerprint density at radius 1 is 0.957 bits per heavy atom. The summed E-state index contributed by atoms with van der Waals surface area (Å²) in [6, 6.07) is 11.1. The second-order valence-corrected chi connectivity index (χ2v) is 5.73. The highest BCUT2D eigenvalue weighted by Gasteiger charge is 2.36. The number of benzene rings is 2. The lowest BCUT2D eigenvalue weighted by Gasteiger charge is -2.13. The molecule has 23 heavy (non-hydrogen) atoms. The van der Waals surface area contributed by atoms with Gasteiger partial charge in [0.15, 0.2) is 0 Å². The summed E-state index contributed by atoms with van der Waals surface area (Å²) in [7, 11) is 0. The van der Waals surface area contributed by atoms with Crippen molar-refractivity contribution in [3.8, 4) is 0 Å². The summed E-state index contributed by atoms with van der Waals surface area (Å²) >= 11 is 11.7. The van der Waals surface area contributed by atoms with Crippen molar-refractivity contribution >= 4 is 46.6 Å². The highest BCUT2D eigenvalue weighted by Crippen LogP contribution is 2.25. The lowest BCUT2D eigenvalue weighted by molar-refractivity contribution is -0.116. The lowest BCUT2D eigenvalue weighted by Crippen LogP contribution is -2.37. The van der Waals surface area contributed by atoms with Crippen molar-refractivity contribution in [1.82, 2.24) is 4.90 Å². The van der Waals surface area contributed by atoms with E-state index in [4.69, 9.17) is 23.2 Å². The fourth-order valence-corrected chi connectivity index (χ4v) is 2.60. The van der Waals surface area contributed by atoms with E-state index < -0.39 is 17.7 Å². The first-order chi connectivity index (χ1) is 11.0. The minimum Gasteiger partial charge on any atom is -0.324 e. The van der Waals surface area contributed by atoms with Crippen molar-refractivity contribution in [2.75, 3.05) is 11.9 Å². The number of nitrogens with zero attached hydrogens (tertiary/aromatic N) is 1. The molecule has 0 spiro atoms. The van der Waals surface area contributed by atoms with Crippen LogP contribution in [0.5, 0.6) is 0 Å². The molecule has 1 aliphatic rings. The zero-order chi connectivity index (χ0) is 16.6. The minimum absolute atomic E-state index is 0.296. The van der Waals surface area contributed by atoms with E-state index in [0.717, 1.165) is 4.90 Å². The maximum absolute atomic E-state index is 12.2. The molecule has 1 heterocycles. The van der Waals surface area contributed by atoms with Crippen LogP contribution in [-0.4, -0.2) is 29.2 Å². The Hall–Kier alpha value is -2.37. The van der Waals surface area contributed by atoms with Crippen LogP contribution in [0.1, 0.15) is 20.7 Å². The molecule has 0 radical (unpaired) electrons. The van der Waals surface area contributed by atoms with Crippen molar-refractivity contribution in [3.05, 3.63) is 63.6 Å². The number of fused-ring (bicyclic) bond motifs is 1. The van der Waals surface area contributed by atoms with Crippen LogP contribution < -0.4 is 5.32 Å². The molecule has 2 aromatic carbocycles. The molecule has 3 rings (SSSR count). The highest BCUT2D eigenvalue weighted by molar-refractivity contribution is 6.42. The Labute approximate surface area is 141 Å². The van der Waals surface area contributed by atoms with Gasteiger partial charge >= 0.3 is 0 Å². The van der Waals surface area contributed by atoms with Gasteiger partial charge in [-0.05, 0) is 30.3 Å². The van der Waals surface area contributed by atoms with Crippen LogP contribution in [0.15, 0.2) is 42.5 Å². The van der Waals surface area contributed by atoms with Gasteiger partial charge in [-0.25, -0.2) is 0 Å². The van der Waals surface area contributed by atoms with Crippen LogP contribution in [0.2, 0.25) is 10.0 Å². The third kappa shape index (κ3) is 2.93. The molecule has 0 atom stereocenters. The van der Waals surface area contributed by atoms with E-state index >= 15 is 0 Å². The lowest BCUT2D eigenvalue weighted by atomic mass is 10.1. The van der Waals surface area contributed by atoms with Gasteiger partial charge in [0.2, 0.25) is 5.91 Å². The van der Waals surface area contributed by atoms with Crippen molar-refractivity contribution in [2.45, 2.75) is 0 Å². The van der Waals surface area contributed by atoms with Gasteiger partial charge in [-0.1, -0.05) is 35.3 Å². The molecule has 3 amide bonds. The predicted molar refractivity (Wildman–Crippen MR) is 86.9 cm³/mol. The van der Waals surface area contributed by atoms with E-state index in [9.17, 15) is 14.4 Å². The molecule has 0 saturated heterocycles. The highest BCUT2D eigenvalue weighted by atomic mass is 35.5. The van der Waals surface area contributed by atoms with E-state index in [1.807, 2.05) is 0 Å². The van der Waals surface area contributed by atoms with Crippen molar-refractivity contribution in [3.63, 3.8) is 0 Å². The summed E-state index contributed by atoms with van der Waals surface area (Å²) in [4.78, 5) is 37.3. The van der Waals surface area contributed by atoms with E-state index in [1.165, 1.54) is 6.07 Å². The standard InChI is InChI=1S/C16H10Cl2N2O3/c17-12-6-5-9(7-13(12)18)19-14(21)8-20-15(22)10-3-1-2-4-11(10)16(20)23/h1-7H,8H2,(H,19,21). The molecule has 0 fully saturated rings. The molecular formula is C16H10Cl2N2O3. The van der Waals surface area contributed by atoms with Gasteiger partial charge in [0.25, 0.3) is 11.8 Å². The number of hydrogen-bond donors (Lipinski definition) is 1. The summed E-state index contributed by atoms with van der Waals surface area (Å²) in [5.74, 6) is -1.46. The molecule has 116 valence electrons. The number of rotatable bonds is 3. The summed E-state index contributed by atoms with van der Waals surface area (Å²) in [5, 5.41) is 3.24. The van der Waals surface area contributed by atoms with E-state index in [1.54, 1.807) is 36.4 Å². The average molecular weight is 349 g/mol. The zero-order valence-electron chi connectivity index (χ0n) is 11.7. The van der Waals surface area contributed by atoms with E-state index in [-0.39, 0.29) is 6.54 Å². The summed E-state index contributed by atoms with van der Waals surface area (Å²) in [6.07, 6.45) is 0. The predicted octanol–water partition coefficient (Wildman–Crippen LogP) is 3.23. The topological polar surface area (TPSA) is 66.5 Å². The van der Waals surface area contributed by atoms with Gasteiger partial charge in [-0.3, -0.25) is 19.3 Å². The Morgan fingerprint density at radius 3 is 2.13 bits per heavy atom. The molecule has 1 N–H and O–H groups in total. The molecule has 0 unspecified atom stereocenters. The first-order valence-electron chi connectivity index (χ1n) is 6.67. The normalized spacial score (nSPS) is 13.2. The molecule has 7 heteroatoms. The minimum atomic E-state index is -0.502. The van der Waals surface area contributed by atoms with Gasteiger partial charge in [0.05, 0.1) is 21.2 Å². The third-order valence-corrected chi connectivity index (χ3v) is 4.12. The summed E-state index contributed by atoms with van der Waals surface area (Å²) in [6.45, 7) is -0.368. The van der Waals surface area contributed by atoms with Crippen LogP contribution in [0.3, 0.4) is 0 Å². The second-order valence-electron chi connectivity index (χ2n) is 4.92.